The van der Waals surface area contributed by atoms with Gasteiger partial charge in [-0.2, -0.15) is 8.42 Å². The Morgan fingerprint density at radius 3 is 2.36 bits per heavy atom. The van der Waals surface area contributed by atoms with E-state index in [4.69, 9.17) is 15.0 Å². The molecule has 0 atom stereocenters. The van der Waals surface area contributed by atoms with Gasteiger partial charge in [-0.1, -0.05) is 12.1 Å². The molecular weight excluding hydrogens is 395 g/mol. The third-order valence-electron chi connectivity index (χ3n) is 3.03. The van der Waals surface area contributed by atoms with E-state index in [9.17, 15) is 17.6 Å². The van der Waals surface area contributed by atoms with Crippen LogP contribution in [-0.2, 0) is 25.9 Å². The molecule has 0 aliphatic rings. The van der Waals surface area contributed by atoms with E-state index >= 15 is 0 Å². The van der Waals surface area contributed by atoms with Gasteiger partial charge in [-0.25, -0.2) is 14.2 Å². The molecule has 1 aromatic carbocycles. The van der Waals surface area contributed by atoms with Crippen molar-refractivity contribution >= 4 is 33.8 Å². The topological polar surface area (TPSA) is 153 Å². The molecule has 2 aromatic rings. The van der Waals surface area contributed by atoms with Crippen molar-refractivity contribution in [3.05, 3.63) is 47.8 Å². The minimum atomic E-state index is -4.16. The fourth-order valence-electron chi connectivity index (χ4n) is 1.75. The van der Waals surface area contributed by atoms with Crippen LogP contribution in [0.4, 0.5) is 26.5 Å². The molecule has 1 heterocycles. The molecule has 0 fully saturated rings. The van der Waals surface area contributed by atoms with Gasteiger partial charge in [0.2, 0.25) is 0 Å². The van der Waals surface area contributed by atoms with Crippen LogP contribution in [0, 0.1) is 5.82 Å². The number of benzene rings is 1. The highest BCUT2D eigenvalue weighted by Crippen LogP contribution is 2.19. The van der Waals surface area contributed by atoms with Gasteiger partial charge in [0.25, 0.3) is 0 Å². The number of carbonyl (C=O) groups is 1. The molecule has 2 rings (SSSR count). The van der Waals surface area contributed by atoms with Crippen LogP contribution < -0.4 is 16.4 Å². The van der Waals surface area contributed by atoms with Crippen LogP contribution in [0.5, 0.6) is 0 Å². The molecule has 0 aliphatic carbocycles. The highest BCUT2D eigenvalue weighted by atomic mass is 32.3. The summed E-state index contributed by atoms with van der Waals surface area (Å²) in [5, 5.41) is 5.57. The molecule has 10 nitrogen and oxygen atoms in total. The first-order valence-corrected chi connectivity index (χ1v) is 9.22. The Morgan fingerprint density at radius 1 is 1.25 bits per heavy atom. The highest BCUT2D eigenvalue weighted by Gasteiger charge is 2.07. The summed E-state index contributed by atoms with van der Waals surface area (Å²) in [4.78, 5) is 15.5. The maximum absolute atomic E-state index is 12.8. The predicted molar refractivity (Wildman–Crippen MR) is 102 cm³/mol. The molecule has 0 radical (unpaired) electrons. The number of hydrogen-bond acceptors (Lipinski definition) is 8. The van der Waals surface area contributed by atoms with Gasteiger partial charge in [-0.3, -0.25) is 14.1 Å². The lowest BCUT2D eigenvalue weighted by Gasteiger charge is -2.10. The summed E-state index contributed by atoms with van der Waals surface area (Å²) in [6.45, 7) is 2.47. The Kier molecular flexibility index (Phi) is 9.08. The molecule has 0 aliphatic heterocycles. The van der Waals surface area contributed by atoms with Crippen molar-refractivity contribution in [3.63, 3.8) is 0 Å². The lowest BCUT2D eigenvalue weighted by molar-refractivity contribution is 0.168. The van der Waals surface area contributed by atoms with E-state index in [1.165, 1.54) is 12.1 Å². The summed E-state index contributed by atoms with van der Waals surface area (Å²) >= 11 is 0. The van der Waals surface area contributed by atoms with Crippen molar-refractivity contribution in [2.45, 2.75) is 13.5 Å². The number of nitrogens with two attached hydrogens (primary N) is 1. The number of nitrogen functional groups attached to an aromatic ring is 1. The number of hydrogen-bond donors (Lipinski definition) is 4. The normalized spacial score (nSPS) is 10.4. The molecule has 5 N–H and O–H groups in total. The van der Waals surface area contributed by atoms with Crippen molar-refractivity contribution in [2.24, 2.45) is 0 Å². The Hall–Kier alpha value is -2.96. The average Bonchev–Trinajstić information content (AvgIpc) is 2.63. The molecule has 0 spiro atoms. The monoisotopic (exact) mass is 416 g/mol. The maximum atomic E-state index is 12.8. The van der Waals surface area contributed by atoms with E-state index in [0.29, 0.717) is 18.1 Å². The van der Waals surface area contributed by atoms with Crippen LogP contribution >= 0.6 is 0 Å². The summed E-state index contributed by atoms with van der Waals surface area (Å²) in [5.41, 5.74) is 7.08. The molecule has 154 valence electrons. The molecule has 0 bridgehead atoms. The van der Waals surface area contributed by atoms with Gasteiger partial charge < -0.3 is 15.8 Å². The molecule has 0 unspecified atom stereocenters. The quantitative estimate of drug-likeness (QED) is 0.520. The Bertz CT molecular complexity index is 877. The average molecular weight is 416 g/mol. The standard InChI is InChI=1S/C15H17FN4O2.CH4O4S/c1-2-22-15(21)19-12-7-8-13(20-14(12)17)18-9-10-3-5-11(16)6-4-10;1-5-6(2,3)4/h3-8H,2,9H2,1H3,(H,19,21)(H3,17,18,20);1H3,(H,2,3,4). The maximum Gasteiger partial charge on any atom is 0.411 e. The van der Waals surface area contributed by atoms with Crippen LogP contribution in [0.3, 0.4) is 0 Å². The van der Waals surface area contributed by atoms with Gasteiger partial charge in [-0.15, -0.1) is 0 Å². The van der Waals surface area contributed by atoms with Crippen LogP contribution in [0.1, 0.15) is 12.5 Å². The zero-order valence-corrected chi connectivity index (χ0v) is 16.0. The fraction of sp³-hybridized carbons (Fsp3) is 0.250. The largest absolute Gasteiger partial charge is 0.450 e. The first-order valence-electron chi connectivity index (χ1n) is 7.86. The second-order valence-electron chi connectivity index (χ2n) is 5.05. The van der Waals surface area contributed by atoms with Gasteiger partial charge in [0.1, 0.15) is 17.5 Å². The number of halogens is 1. The first kappa shape index (κ1) is 23.1. The van der Waals surface area contributed by atoms with Crippen molar-refractivity contribution in [2.75, 3.05) is 30.1 Å². The van der Waals surface area contributed by atoms with Crippen LogP contribution in [0.15, 0.2) is 36.4 Å². The number of pyridine rings is 1. The summed E-state index contributed by atoms with van der Waals surface area (Å²) in [5.74, 6) is 0.453. The summed E-state index contributed by atoms with van der Waals surface area (Å²) in [6, 6.07) is 9.47. The van der Waals surface area contributed by atoms with Gasteiger partial charge in [-0.05, 0) is 36.8 Å². The number of aromatic nitrogens is 1. The SMILES string of the molecule is CCOC(=O)Nc1ccc(NCc2ccc(F)cc2)nc1N.COS(=O)(=O)O. The lowest BCUT2D eigenvalue weighted by atomic mass is 10.2. The first-order chi connectivity index (χ1) is 13.1. The van der Waals surface area contributed by atoms with E-state index < -0.39 is 16.5 Å². The smallest absolute Gasteiger partial charge is 0.411 e. The van der Waals surface area contributed by atoms with E-state index in [2.05, 4.69) is 19.8 Å². The Labute approximate surface area is 161 Å². The molecule has 1 amide bonds. The third kappa shape index (κ3) is 9.12. The second kappa shape index (κ2) is 11.0. The molecule has 28 heavy (non-hydrogen) atoms. The number of nitrogens with one attached hydrogen (secondary N) is 2. The zero-order valence-electron chi connectivity index (χ0n) is 15.2. The van der Waals surface area contributed by atoms with Gasteiger partial charge >= 0.3 is 16.5 Å². The van der Waals surface area contributed by atoms with E-state index in [1.54, 1.807) is 31.2 Å². The third-order valence-corrected chi connectivity index (χ3v) is 3.46. The molecule has 0 saturated carbocycles. The molecular formula is C16H21FN4O6S. The van der Waals surface area contributed by atoms with E-state index in [-0.39, 0.29) is 18.2 Å². The van der Waals surface area contributed by atoms with Crippen LogP contribution in [0.25, 0.3) is 0 Å². The van der Waals surface area contributed by atoms with Crippen LogP contribution in [0.2, 0.25) is 0 Å². The van der Waals surface area contributed by atoms with Gasteiger partial charge in [0, 0.05) is 6.54 Å². The van der Waals surface area contributed by atoms with Gasteiger partial charge in [0.15, 0.2) is 0 Å². The molecule has 0 saturated heterocycles. The number of carbonyl (C=O) groups excluding carboxylic acids is 1. The second-order valence-corrected chi connectivity index (χ2v) is 6.24. The summed E-state index contributed by atoms with van der Waals surface area (Å²) in [7, 11) is -3.29. The Balaban J connectivity index is 0.000000568. The lowest BCUT2D eigenvalue weighted by Crippen LogP contribution is -2.15. The van der Waals surface area contributed by atoms with Crippen molar-refractivity contribution in [1.29, 1.82) is 0 Å². The number of nitrogens with zero attached hydrogens (tertiary/aromatic N) is 1. The number of amides is 1. The van der Waals surface area contributed by atoms with Crippen LogP contribution in [-0.4, -0.2) is 37.8 Å². The molecule has 12 heteroatoms. The van der Waals surface area contributed by atoms with E-state index in [1.807, 2.05) is 0 Å². The van der Waals surface area contributed by atoms with Gasteiger partial charge in [0.05, 0.1) is 19.4 Å². The van der Waals surface area contributed by atoms with Crippen molar-refractivity contribution < 1.29 is 31.1 Å². The Morgan fingerprint density at radius 2 is 1.86 bits per heavy atom. The van der Waals surface area contributed by atoms with Crippen molar-refractivity contribution in [3.8, 4) is 0 Å². The minimum absolute atomic E-state index is 0.178. The number of anilines is 3. The minimum Gasteiger partial charge on any atom is -0.450 e. The van der Waals surface area contributed by atoms with E-state index in [0.717, 1.165) is 12.7 Å². The molecule has 1 aromatic heterocycles. The fourth-order valence-corrected chi connectivity index (χ4v) is 1.75. The number of rotatable bonds is 6. The zero-order chi connectivity index (χ0) is 21.2. The highest BCUT2D eigenvalue weighted by molar-refractivity contribution is 7.80. The van der Waals surface area contributed by atoms with Crippen molar-refractivity contribution in [1.82, 2.24) is 4.98 Å². The number of ether oxygens (including phenoxy) is 1. The predicted octanol–water partition coefficient (Wildman–Crippen LogP) is 2.42. The summed E-state index contributed by atoms with van der Waals surface area (Å²) < 4.78 is 47.3. The summed E-state index contributed by atoms with van der Waals surface area (Å²) in [6.07, 6.45) is -0.581.